The standard InChI is InChI=1S/C12H16BrF2NOS/c1-12(2,18(16)17)7-10(11(14)15)8-3-5-9(13)6-4-8/h3-6,10-11H,7,16H2,1-2H3/t10-,18?/m0/s1. The summed E-state index contributed by atoms with van der Waals surface area (Å²) < 4.78 is 37.6. The normalized spacial score (nSPS) is 15.7. The molecule has 1 rings (SSSR count). The molecule has 0 aliphatic rings. The smallest absolute Gasteiger partial charge is 0.245 e. The third-order valence-electron chi connectivity index (χ3n) is 2.86. The average Bonchev–Trinajstić information content (AvgIpc) is 2.27. The van der Waals surface area contributed by atoms with Gasteiger partial charge in [-0.25, -0.2) is 13.0 Å². The summed E-state index contributed by atoms with van der Waals surface area (Å²) in [6, 6.07) is 6.74. The minimum absolute atomic E-state index is 0.0788. The Hall–Kier alpha value is -0.330. The fourth-order valence-electron chi connectivity index (χ4n) is 1.67. The highest BCUT2D eigenvalue weighted by atomic mass is 79.9. The predicted octanol–water partition coefficient (Wildman–Crippen LogP) is 3.59. The van der Waals surface area contributed by atoms with E-state index < -0.39 is 28.1 Å². The summed E-state index contributed by atoms with van der Waals surface area (Å²) in [5.41, 5.74) is 0.534. The Kier molecular flexibility index (Phi) is 5.43. The van der Waals surface area contributed by atoms with Crippen LogP contribution < -0.4 is 5.14 Å². The van der Waals surface area contributed by atoms with Gasteiger partial charge in [-0.1, -0.05) is 28.1 Å². The molecule has 0 aromatic heterocycles. The maximum atomic E-state index is 13.1. The zero-order valence-electron chi connectivity index (χ0n) is 10.2. The van der Waals surface area contributed by atoms with Crippen LogP contribution in [0, 0.1) is 0 Å². The monoisotopic (exact) mass is 339 g/mol. The first-order valence-electron chi connectivity index (χ1n) is 5.44. The third-order valence-corrected chi connectivity index (χ3v) is 4.64. The SMILES string of the molecule is CC(C)(C[C@@H](c1ccc(Br)cc1)C(F)F)S(N)=O. The molecule has 0 saturated carbocycles. The molecule has 1 aromatic rings. The Labute approximate surface area is 117 Å². The van der Waals surface area contributed by atoms with Crippen LogP contribution in [0.5, 0.6) is 0 Å². The van der Waals surface area contributed by atoms with Gasteiger partial charge >= 0.3 is 0 Å². The highest BCUT2D eigenvalue weighted by molar-refractivity contribution is 9.10. The number of hydrogen-bond donors (Lipinski definition) is 1. The molecule has 0 spiro atoms. The van der Waals surface area contributed by atoms with E-state index in [0.29, 0.717) is 5.56 Å². The minimum atomic E-state index is -2.51. The Bertz CT molecular complexity index is 423. The molecule has 102 valence electrons. The second-order valence-electron chi connectivity index (χ2n) is 4.75. The lowest BCUT2D eigenvalue weighted by Crippen LogP contribution is -2.35. The topological polar surface area (TPSA) is 43.1 Å². The van der Waals surface area contributed by atoms with Crippen molar-refractivity contribution in [2.45, 2.75) is 37.4 Å². The maximum Gasteiger partial charge on any atom is 0.245 e. The molecule has 2 atom stereocenters. The predicted molar refractivity (Wildman–Crippen MR) is 73.9 cm³/mol. The molecule has 6 heteroatoms. The molecule has 1 aromatic carbocycles. The van der Waals surface area contributed by atoms with E-state index in [4.69, 9.17) is 5.14 Å². The van der Waals surface area contributed by atoms with Gasteiger partial charge < -0.3 is 0 Å². The summed E-state index contributed by atoms with van der Waals surface area (Å²) in [5, 5.41) is 5.34. The van der Waals surface area contributed by atoms with Gasteiger partial charge in [-0.3, -0.25) is 5.14 Å². The van der Waals surface area contributed by atoms with Gasteiger partial charge in [0.25, 0.3) is 0 Å². The summed E-state index contributed by atoms with van der Waals surface area (Å²) in [4.78, 5) is 0. The van der Waals surface area contributed by atoms with Crippen LogP contribution in [0.25, 0.3) is 0 Å². The Morgan fingerprint density at radius 1 is 1.33 bits per heavy atom. The fourth-order valence-corrected chi connectivity index (χ4v) is 2.28. The highest BCUT2D eigenvalue weighted by Crippen LogP contribution is 2.34. The first kappa shape index (κ1) is 15.7. The van der Waals surface area contributed by atoms with E-state index >= 15 is 0 Å². The molecule has 18 heavy (non-hydrogen) atoms. The summed E-state index contributed by atoms with van der Waals surface area (Å²) >= 11 is 3.26. The summed E-state index contributed by atoms with van der Waals surface area (Å²) in [6.45, 7) is 3.27. The zero-order valence-corrected chi connectivity index (χ0v) is 12.6. The summed E-state index contributed by atoms with van der Waals surface area (Å²) in [7, 11) is -1.63. The number of alkyl halides is 2. The van der Waals surface area contributed by atoms with Gasteiger partial charge in [-0.05, 0) is 38.0 Å². The number of benzene rings is 1. The van der Waals surface area contributed by atoms with Crippen LogP contribution in [-0.2, 0) is 11.0 Å². The van der Waals surface area contributed by atoms with Gasteiger partial charge in [-0.2, -0.15) is 0 Å². The van der Waals surface area contributed by atoms with Crippen LogP contribution in [0.1, 0.15) is 31.7 Å². The molecule has 0 aliphatic heterocycles. The average molecular weight is 340 g/mol. The van der Waals surface area contributed by atoms with Crippen molar-refractivity contribution in [3.05, 3.63) is 34.3 Å². The van der Waals surface area contributed by atoms with E-state index in [1.165, 1.54) is 0 Å². The summed E-state index contributed by atoms with van der Waals surface area (Å²) in [5.74, 6) is -0.958. The van der Waals surface area contributed by atoms with Crippen LogP contribution in [0.3, 0.4) is 0 Å². The fraction of sp³-hybridized carbons (Fsp3) is 0.500. The van der Waals surface area contributed by atoms with Crippen LogP contribution in [0.15, 0.2) is 28.7 Å². The van der Waals surface area contributed by atoms with Crippen molar-refractivity contribution in [1.82, 2.24) is 0 Å². The molecule has 2 N–H and O–H groups in total. The van der Waals surface area contributed by atoms with E-state index in [1.807, 2.05) is 0 Å². The van der Waals surface area contributed by atoms with Gasteiger partial charge in [0.05, 0.1) is 15.7 Å². The molecule has 0 aliphatic carbocycles. The Morgan fingerprint density at radius 2 is 1.83 bits per heavy atom. The molecule has 0 bridgehead atoms. The van der Waals surface area contributed by atoms with Crippen molar-refractivity contribution in [3.63, 3.8) is 0 Å². The second-order valence-corrected chi connectivity index (χ2v) is 7.37. The molecular formula is C12H16BrF2NOS. The first-order valence-corrected chi connectivity index (χ1v) is 7.44. The summed E-state index contributed by atoms with van der Waals surface area (Å²) in [6.07, 6.45) is -2.43. The van der Waals surface area contributed by atoms with Crippen LogP contribution in [0.4, 0.5) is 8.78 Å². The second kappa shape index (κ2) is 6.21. The third kappa shape index (κ3) is 4.10. The number of nitrogens with two attached hydrogens (primary N) is 1. The van der Waals surface area contributed by atoms with Crippen molar-refractivity contribution < 1.29 is 13.0 Å². The largest absolute Gasteiger partial charge is 0.251 e. The molecule has 0 saturated heterocycles. The molecule has 1 unspecified atom stereocenters. The van der Waals surface area contributed by atoms with Crippen molar-refractivity contribution in [2.75, 3.05) is 0 Å². The number of rotatable bonds is 5. The lowest BCUT2D eigenvalue weighted by atomic mass is 9.90. The van der Waals surface area contributed by atoms with Gasteiger partial charge in [0.2, 0.25) is 6.43 Å². The highest BCUT2D eigenvalue weighted by Gasteiger charge is 2.33. The maximum absolute atomic E-state index is 13.1. The Balaban J connectivity index is 2.97. The van der Waals surface area contributed by atoms with E-state index in [9.17, 15) is 13.0 Å². The van der Waals surface area contributed by atoms with Gasteiger partial charge in [0, 0.05) is 10.4 Å². The molecule has 0 amide bonds. The van der Waals surface area contributed by atoms with Crippen molar-refractivity contribution in [2.24, 2.45) is 5.14 Å². The minimum Gasteiger partial charge on any atom is -0.251 e. The van der Waals surface area contributed by atoms with E-state index in [1.54, 1.807) is 38.1 Å². The van der Waals surface area contributed by atoms with E-state index in [2.05, 4.69) is 15.9 Å². The van der Waals surface area contributed by atoms with E-state index in [0.717, 1.165) is 4.47 Å². The van der Waals surface area contributed by atoms with Gasteiger partial charge in [0.15, 0.2) is 0 Å². The number of halogens is 3. The van der Waals surface area contributed by atoms with Gasteiger partial charge in [-0.15, -0.1) is 0 Å². The molecule has 2 nitrogen and oxygen atoms in total. The first-order chi connectivity index (χ1) is 8.24. The lowest BCUT2D eigenvalue weighted by molar-refractivity contribution is 0.106. The molecular weight excluding hydrogens is 324 g/mol. The Morgan fingerprint density at radius 3 is 2.22 bits per heavy atom. The zero-order chi connectivity index (χ0) is 13.9. The molecule has 0 fully saturated rings. The number of hydrogen-bond acceptors (Lipinski definition) is 1. The molecule has 0 radical (unpaired) electrons. The van der Waals surface area contributed by atoms with Gasteiger partial charge in [0.1, 0.15) is 0 Å². The van der Waals surface area contributed by atoms with Crippen LogP contribution >= 0.6 is 15.9 Å². The van der Waals surface area contributed by atoms with Crippen molar-refractivity contribution in [3.8, 4) is 0 Å². The van der Waals surface area contributed by atoms with Crippen LogP contribution in [-0.4, -0.2) is 15.4 Å². The van der Waals surface area contributed by atoms with Crippen molar-refractivity contribution >= 4 is 26.9 Å². The quantitative estimate of drug-likeness (QED) is 0.875. The van der Waals surface area contributed by atoms with E-state index in [-0.39, 0.29) is 6.42 Å². The van der Waals surface area contributed by atoms with Crippen molar-refractivity contribution in [1.29, 1.82) is 0 Å². The lowest BCUT2D eigenvalue weighted by Gasteiger charge is -2.27. The molecule has 0 heterocycles. The van der Waals surface area contributed by atoms with Crippen LogP contribution in [0.2, 0.25) is 0 Å².